The van der Waals surface area contributed by atoms with Crippen molar-refractivity contribution in [2.45, 2.75) is 52.0 Å². The van der Waals surface area contributed by atoms with Gasteiger partial charge in [0.1, 0.15) is 5.54 Å². The first-order chi connectivity index (χ1) is 6.78. The maximum atomic E-state index is 11.8. The van der Waals surface area contributed by atoms with Crippen LogP contribution < -0.4 is 11.1 Å². The summed E-state index contributed by atoms with van der Waals surface area (Å²) in [6.07, 6.45) is 3.25. The molecule has 0 radical (unpaired) electrons. The first kappa shape index (κ1) is 12.0. The molecule has 2 amide bonds. The number of carbonyl (C=O) groups is 2. The number of rotatable bonds is 2. The van der Waals surface area contributed by atoms with Crippen molar-refractivity contribution in [3.05, 3.63) is 0 Å². The molecule has 1 fully saturated rings. The van der Waals surface area contributed by atoms with Crippen LogP contribution in [0.4, 0.5) is 0 Å². The fraction of sp³-hybridized carbons (Fsp3) is 0.818. The topological polar surface area (TPSA) is 72.2 Å². The van der Waals surface area contributed by atoms with Crippen LogP contribution in [-0.4, -0.2) is 17.4 Å². The van der Waals surface area contributed by atoms with Crippen LogP contribution in [0.15, 0.2) is 0 Å². The van der Waals surface area contributed by atoms with Gasteiger partial charge in [-0.3, -0.25) is 9.59 Å². The predicted octanol–water partition coefficient (Wildman–Crippen LogP) is 0.947. The summed E-state index contributed by atoms with van der Waals surface area (Å²) < 4.78 is 0. The second kappa shape index (κ2) is 3.83. The molecule has 1 saturated carbocycles. The van der Waals surface area contributed by atoms with E-state index < -0.39 is 16.9 Å². The Bertz CT molecular complexity index is 273. The van der Waals surface area contributed by atoms with E-state index in [1.54, 1.807) is 0 Å². The molecule has 0 spiro atoms. The second-order valence-corrected chi connectivity index (χ2v) is 5.36. The van der Waals surface area contributed by atoms with E-state index in [-0.39, 0.29) is 5.91 Å². The quantitative estimate of drug-likeness (QED) is 0.715. The second-order valence-electron chi connectivity index (χ2n) is 5.36. The van der Waals surface area contributed by atoms with Gasteiger partial charge in [0, 0.05) is 5.41 Å². The van der Waals surface area contributed by atoms with E-state index >= 15 is 0 Å². The van der Waals surface area contributed by atoms with E-state index in [0.717, 1.165) is 12.8 Å². The zero-order valence-corrected chi connectivity index (χ0v) is 9.72. The summed E-state index contributed by atoms with van der Waals surface area (Å²) in [5, 5.41) is 2.82. The highest BCUT2D eigenvalue weighted by Crippen LogP contribution is 2.30. The number of hydrogen-bond acceptors (Lipinski definition) is 2. The molecule has 0 bridgehead atoms. The summed E-state index contributed by atoms with van der Waals surface area (Å²) in [5.74, 6) is -0.513. The minimum atomic E-state index is -0.787. The smallest absolute Gasteiger partial charge is 0.243 e. The van der Waals surface area contributed by atoms with Gasteiger partial charge in [-0.1, -0.05) is 33.6 Å². The monoisotopic (exact) mass is 212 g/mol. The molecule has 3 N–H and O–H groups in total. The van der Waals surface area contributed by atoms with Crippen LogP contribution in [0, 0.1) is 5.41 Å². The van der Waals surface area contributed by atoms with Crippen LogP contribution >= 0.6 is 0 Å². The Morgan fingerprint density at radius 1 is 1.20 bits per heavy atom. The summed E-state index contributed by atoms with van der Waals surface area (Å²) >= 11 is 0. The lowest BCUT2D eigenvalue weighted by Crippen LogP contribution is -2.57. The Labute approximate surface area is 90.6 Å². The summed E-state index contributed by atoms with van der Waals surface area (Å²) in [4.78, 5) is 23.2. The Morgan fingerprint density at radius 3 is 2.00 bits per heavy atom. The highest BCUT2D eigenvalue weighted by atomic mass is 16.2. The molecule has 86 valence electrons. The standard InChI is InChI=1S/C11H20N2O2/c1-10(2,3)9(15)13-11(8(12)14)6-4-5-7-11/h4-7H2,1-3H3,(H2,12,14)(H,13,15). The molecular weight excluding hydrogens is 192 g/mol. The van der Waals surface area contributed by atoms with Crippen molar-refractivity contribution in [1.29, 1.82) is 0 Å². The number of nitrogens with one attached hydrogen (secondary N) is 1. The van der Waals surface area contributed by atoms with Crippen molar-refractivity contribution in [3.8, 4) is 0 Å². The van der Waals surface area contributed by atoms with Gasteiger partial charge in [-0.25, -0.2) is 0 Å². The van der Waals surface area contributed by atoms with E-state index in [2.05, 4.69) is 5.32 Å². The number of nitrogens with two attached hydrogens (primary N) is 1. The minimum absolute atomic E-state index is 0.108. The molecule has 0 heterocycles. The first-order valence-electron chi connectivity index (χ1n) is 5.40. The summed E-state index contributed by atoms with van der Waals surface area (Å²) in [6, 6.07) is 0. The maximum Gasteiger partial charge on any atom is 0.243 e. The number of amides is 2. The molecule has 0 aliphatic heterocycles. The van der Waals surface area contributed by atoms with E-state index in [4.69, 9.17) is 5.73 Å². The molecule has 0 aromatic heterocycles. The Hall–Kier alpha value is -1.06. The van der Waals surface area contributed by atoms with Crippen LogP contribution in [-0.2, 0) is 9.59 Å². The van der Waals surface area contributed by atoms with E-state index in [1.807, 2.05) is 20.8 Å². The zero-order valence-electron chi connectivity index (χ0n) is 9.72. The number of primary amides is 1. The summed E-state index contributed by atoms with van der Waals surface area (Å²) in [6.45, 7) is 5.48. The average molecular weight is 212 g/mol. The van der Waals surface area contributed by atoms with Gasteiger partial charge in [0.2, 0.25) is 11.8 Å². The van der Waals surface area contributed by atoms with Crippen LogP contribution in [0.3, 0.4) is 0 Å². The average Bonchev–Trinajstić information content (AvgIpc) is 2.52. The molecule has 1 rings (SSSR count). The largest absolute Gasteiger partial charge is 0.368 e. The molecule has 4 heteroatoms. The van der Waals surface area contributed by atoms with Crippen molar-refractivity contribution in [3.63, 3.8) is 0 Å². The molecular formula is C11H20N2O2. The van der Waals surface area contributed by atoms with Gasteiger partial charge in [0.25, 0.3) is 0 Å². The molecule has 1 aliphatic carbocycles. The van der Waals surface area contributed by atoms with Crippen LogP contribution in [0.5, 0.6) is 0 Å². The molecule has 4 nitrogen and oxygen atoms in total. The zero-order chi connectivity index (χ0) is 11.7. The summed E-state index contributed by atoms with van der Waals surface area (Å²) in [5.41, 5.74) is 4.10. The molecule has 0 aromatic rings. The fourth-order valence-electron chi connectivity index (χ4n) is 1.82. The fourth-order valence-corrected chi connectivity index (χ4v) is 1.82. The van der Waals surface area contributed by atoms with E-state index in [9.17, 15) is 9.59 Å². The van der Waals surface area contributed by atoms with Gasteiger partial charge < -0.3 is 11.1 Å². The van der Waals surface area contributed by atoms with Gasteiger partial charge in [-0.05, 0) is 12.8 Å². The van der Waals surface area contributed by atoms with Crippen LogP contribution in [0.25, 0.3) is 0 Å². The lowest BCUT2D eigenvalue weighted by molar-refractivity contribution is -0.136. The van der Waals surface area contributed by atoms with Crippen molar-refractivity contribution in [2.24, 2.45) is 11.1 Å². The molecule has 15 heavy (non-hydrogen) atoms. The van der Waals surface area contributed by atoms with Gasteiger partial charge >= 0.3 is 0 Å². The third kappa shape index (κ3) is 2.49. The van der Waals surface area contributed by atoms with Gasteiger partial charge in [0.05, 0.1) is 0 Å². The van der Waals surface area contributed by atoms with Gasteiger partial charge in [0.15, 0.2) is 0 Å². The van der Waals surface area contributed by atoms with E-state index in [1.165, 1.54) is 0 Å². The minimum Gasteiger partial charge on any atom is -0.368 e. The highest BCUT2D eigenvalue weighted by molar-refractivity contribution is 5.92. The maximum absolute atomic E-state index is 11.8. The Morgan fingerprint density at radius 2 is 1.67 bits per heavy atom. The summed E-state index contributed by atoms with van der Waals surface area (Å²) in [7, 11) is 0. The van der Waals surface area contributed by atoms with Crippen LogP contribution in [0.1, 0.15) is 46.5 Å². The molecule has 1 aliphatic rings. The molecule has 0 aromatic carbocycles. The van der Waals surface area contributed by atoms with E-state index in [0.29, 0.717) is 12.8 Å². The van der Waals surface area contributed by atoms with Crippen molar-refractivity contribution >= 4 is 11.8 Å². The SMILES string of the molecule is CC(C)(C)C(=O)NC1(C(N)=O)CCCC1. The van der Waals surface area contributed by atoms with Crippen molar-refractivity contribution < 1.29 is 9.59 Å². The van der Waals surface area contributed by atoms with Crippen LogP contribution in [0.2, 0.25) is 0 Å². The molecule has 0 saturated heterocycles. The van der Waals surface area contributed by atoms with Gasteiger partial charge in [-0.2, -0.15) is 0 Å². The molecule has 0 atom stereocenters. The van der Waals surface area contributed by atoms with Crippen molar-refractivity contribution in [1.82, 2.24) is 5.32 Å². The Kier molecular flexibility index (Phi) is 3.07. The predicted molar refractivity (Wildman–Crippen MR) is 58.0 cm³/mol. The van der Waals surface area contributed by atoms with Gasteiger partial charge in [-0.15, -0.1) is 0 Å². The normalized spacial score (nSPS) is 19.9. The number of hydrogen-bond donors (Lipinski definition) is 2. The van der Waals surface area contributed by atoms with Crippen molar-refractivity contribution in [2.75, 3.05) is 0 Å². The lowest BCUT2D eigenvalue weighted by Gasteiger charge is -2.30. The Balaban J connectivity index is 2.77. The lowest BCUT2D eigenvalue weighted by atomic mass is 9.90. The first-order valence-corrected chi connectivity index (χ1v) is 5.40. The third-order valence-corrected chi connectivity index (χ3v) is 2.96. The third-order valence-electron chi connectivity index (χ3n) is 2.96. The molecule has 0 unspecified atom stereocenters. The number of carbonyl (C=O) groups excluding carboxylic acids is 2. The highest BCUT2D eigenvalue weighted by Gasteiger charge is 2.42.